The van der Waals surface area contributed by atoms with Gasteiger partial charge in [-0.15, -0.1) is 12.4 Å². The molecule has 1 N–H and O–H groups in total. The van der Waals surface area contributed by atoms with E-state index in [1.807, 2.05) is 24.3 Å². The summed E-state index contributed by atoms with van der Waals surface area (Å²) in [5.41, 5.74) is 1.45. The first-order chi connectivity index (χ1) is 14.9. The number of nitrogens with zero attached hydrogens (tertiary/aromatic N) is 1. The van der Waals surface area contributed by atoms with E-state index in [-0.39, 0.29) is 19.0 Å². The van der Waals surface area contributed by atoms with Gasteiger partial charge in [-0.25, -0.2) is 0 Å². The monoisotopic (exact) mass is 457 g/mol. The van der Waals surface area contributed by atoms with E-state index in [0.29, 0.717) is 6.61 Å². The molecule has 0 saturated heterocycles. The third-order valence-corrected chi connectivity index (χ3v) is 5.45. The first-order valence-corrected chi connectivity index (χ1v) is 11.2. The molecule has 3 aromatic rings. The summed E-state index contributed by atoms with van der Waals surface area (Å²) in [4.78, 5) is 2.35. The van der Waals surface area contributed by atoms with Gasteiger partial charge in [-0.2, -0.15) is 0 Å². The Morgan fingerprint density at radius 2 is 1.56 bits per heavy atom. The molecule has 0 heterocycles. The second kappa shape index (κ2) is 12.1. The lowest BCUT2D eigenvalue weighted by atomic mass is 9.97. The van der Waals surface area contributed by atoms with Crippen LogP contribution in [0.5, 0.6) is 11.5 Å². The minimum Gasteiger partial charge on any atom is -0.492 e. The predicted octanol–water partition coefficient (Wildman–Crippen LogP) is 5.72. The number of benzene rings is 3. The molecule has 0 aromatic heterocycles. The highest BCUT2D eigenvalue weighted by atomic mass is 35.5. The van der Waals surface area contributed by atoms with Crippen molar-refractivity contribution in [1.82, 2.24) is 4.90 Å². The van der Waals surface area contributed by atoms with E-state index in [1.165, 1.54) is 16.3 Å². The van der Waals surface area contributed by atoms with Crippen LogP contribution in [0.15, 0.2) is 60.7 Å². The molecule has 4 nitrogen and oxygen atoms in total. The van der Waals surface area contributed by atoms with Gasteiger partial charge in [0.2, 0.25) is 0 Å². The van der Waals surface area contributed by atoms with Crippen molar-refractivity contribution in [1.29, 1.82) is 0 Å². The van der Waals surface area contributed by atoms with Crippen LogP contribution in [0, 0.1) is 0 Å². The van der Waals surface area contributed by atoms with Crippen LogP contribution in [-0.2, 0) is 6.42 Å². The lowest BCUT2D eigenvalue weighted by Gasteiger charge is -2.20. The quantitative estimate of drug-likeness (QED) is 0.399. The summed E-state index contributed by atoms with van der Waals surface area (Å²) in [6.07, 6.45) is 0.752. The van der Waals surface area contributed by atoms with Gasteiger partial charge in [-0.1, -0.05) is 56.3 Å². The molecule has 0 fully saturated rings. The van der Waals surface area contributed by atoms with Crippen molar-refractivity contribution in [2.45, 2.75) is 39.7 Å². The summed E-state index contributed by atoms with van der Waals surface area (Å²) in [5.74, 6) is 1.72. The van der Waals surface area contributed by atoms with Crippen molar-refractivity contribution >= 4 is 23.2 Å². The smallest absolute Gasteiger partial charge is 0.123 e. The molecule has 0 saturated carbocycles. The standard InChI is InChI=1S/C27H35NO3.ClH/c1-5-28(6-2)17-18-30-23-14-11-21(12-15-23)19-25-24-10-8-7-9-22(24)13-16-26(25)31-20-27(3,4)29;/h7-16,29H,5-6,17-20H2,1-4H3;1H. The summed E-state index contributed by atoms with van der Waals surface area (Å²) in [6, 6.07) is 20.8. The highest BCUT2D eigenvalue weighted by Gasteiger charge is 2.16. The van der Waals surface area contributed by atoms with Crippen LogP contribution < -0.4 is 9.47 Å². The number of halogens is 1. The number of ether oxygens (including phenoxy) is 2. The number of hydrogen-bond donors (Lipinski definition) is 1. The molecule has 3 rings (SSSR count). The maximum Gasteiger partial charge on any atom is 0.123 e. The van der Waals surface area contributed by atoms with Crippen molar-refractivity contribution in [2.24, 2.45) is 0 Å². The zero-order valence-electron chi connectivity index (χ0n) is 19.6. The summed E-state index contributed by atoms with van der Waals surface area (Å²) >= 11 is 0. The first-order valence-electron chi connectivity index (χ1n) is 11.2. The van der Waals surface area contributed by atoms with Gasteiger partial charge in [0.1, 0.15) is 24.7 Å². The van der Waals surface area contributed by atoms with Crippen LogP contribution in [0.2, 0.25) is 0 Å². The van der Waals surface area contributed by atoms with Gasteiger partial charge in [-0.05, 0) is 61.5 Å². The van der Waals surface area contributed by atoms with Gasteiger partial charge in [0.05, 0.1) is 5.60 Å². The van der Waals surface area contributed by atoms with E-state index in [9.17, 15) is 5.11 Å². The summed E-state index contributed by atoms with van der Waals surface area (Å²) < 4.78 is 11.9. The van der Waals surface area contributed by atoms with Gasteiger partial charge in [0.25, 0.3) is 0 Å². The van der Waals surface area contributed by atoms with Crippen LogP contribution >= 0.6 is 12.4 Å². The molecule has 0 aliphatic rings. The highest BCUT2D eigenvalue weighted by Crippen LogP contribution is 2.31. The molecule has 32 heavy (non-hydrogen) atoms. The number of rotatable bonds is 11. The fourth-order valence-electron chi connectivity index (χ4n) is 3.63. The highest BCUT2D eigenvalue weighted by molar-refractivity contribution is 5.88. The van der Waals surface area contributed by atoms with E-state index < -0.39 is 5.60 Å². The van der Waals surface area contributed by atoms with Crippen molar-refractivity contribution in [3.05, 3.63) is 71.8 Å². The van der Waals surface area contributed by atoms with Crippen LogP contribution in [0.25, 0.3) is 10.8 Å². The molecule has 0 aliphatic carbocycles. The summed E-state index contributed by atoms with van der Waals surface area (Å²) in [7, 11) is 0. The Bertz CT molecular complexity index is 963. The Morgan fingerprint density at radius 1 is 0.875 bits per heavy atom. The van der Waals surface area contributed by atoms with Gasteiger partial charge >= 0.3 is 0 Å². The normalized spacial score (nSPS) is 11.4. The summed E-state index contributed by atoms with van der Waals surface area (Å²) in [6.45, 7) is 11.8. The third-order valence-electron chi connectivity index (χ3n) is 5.45. The van der Waals surface area contributed by atoms with E-state index in [4.69, 9.17) is 9.47 Å². The molecule has 5 heteroatoms. The molecule has 0 bridgehead atoms. The van der Waals surface area contributed by atoms with E-state index >= 15 is 0 Å². The average molecular weight is 458 g/mol. The minimum atomic E-state index is -0.882. The number of fused-ring (bicyclic) bond motifs is 1. The van der Waals surface area contributed by atoms with E-state index in [2.05, 4.69) is 55.1 Å². The molecule has 0 aliphatic heterocycles. The predicted molar refractivity (Wildman–Crippen MR) is 136 cm³/mol. The fraction of sp³-hybridized carbons (Fsp3) is 0.407. The Hall–Kier alpha value is -2.27. The molecule has 0 amide bonds. The van der Waals surface area contributed by atoms with Crippen molar-refractivity contribution in [3.8, 4) is 11.5 Å². The molecule has 0 radical (unpaired) electrons. The number of likely N-dealkylation sites (N-methyl/N-ethyl adjacent to an activating group) is 1. The molecule has 0 unspecified atom stereocenters. The lowest BCUT2D eigenvalue weighted by Crippen LogP contribution is -2.28. The number of aliphatic hydroxyl groups is 1. The van der Waals surface area contributed by atoms with Gasteiger partial charge in [0, 0.05) is 18.5 Å². The van der Waals surface area contributed by atoms with Gasteiger partial charge < -0.3 is 19.5 Å². The topological polar surface area (TPSA) is 41.9 Å². The van der Waals surface area contributed by atoms with Crippen LogP contribution in [0.3, 0.4) is 0 Å². The Labute approximate surface area is 198 Å². The molecule has 0 atom stereocenters. The van der Waals surface area contributed by atoms with Gasteiger partial charge in [0.15, 0.2) is 0 Å². The van der Waals surface area contributed by atoms with Gasteiger partial charge in [-0.3, -0.25) is 0 Å². The molecular formula is C27H36ClNO3. The lowest BCUT2D eigenvalue weighted by molar-refractivity contribution is 0.0282. The fourth-order valence-corrected chi connectivity index (χ4v) is 3.63. The summed E-state index contributed by atoms with van der Waals surface area (Å²) in [5, 5.41) is 12.5. The Balaban J connectivity index is 0.00000363. The van der Waals surface area contributed by atoms with Crippen LogP contribution in [0.1, 0.15) is 38.8 Å². The first kappa shape index (κ1) is 26.0. The Kier molecular flexibility index (Phi) is 9.83. The van der Waals surface area contributed by atoms with Crippen LogP contribution in [-0.4, -0.2) is 48.5 Å². The average Bonchev–Trinajstić information content (AvgIpc) is 2.76. The van der Waals surface area contributed by atoms with E-state index in [0.717, 1.165) is 43.1 Å². The third kappa shape index (κ3) is 7.40. The molecule has 0 spiro atoms. The van der Waals surface area contributed by atoms with Crippen molar-refractivity contribution in [3.63, 3.8) is 0 Å². The van der Waals surface area contributed by atoms with Crippen molar-refractivity contribution < 1.29 is 14.6 Å². The zero-order valence-corrected chi connectivity index (χ0v) is 20.5. The molecule has 3 aromatic carbocycles. The second-order valence-electron chi connectivity index (χ2n) is 8.56. The maximum absolute atomic E-state index is 10.1. The minimum absolute atomic E-state index is 0. The molecule has 174 valence electrons. The van der Waals surface area contributed by atoms with Crippen molar-refractivity contribution in [2.75, 3.05) is 32.8 Å². The molecular weight excluding hydrogens is 422 g/mol. The van der Waals surface area contributed by atoms with Crippen LogP contribution in [0.4, 0.5) is 0 Å². The maximum atomic E-state index is 10.1. The zero-order chi connectivity index (χ0) is 22.3. The van der Waals surface area contributed by atoms with E-state index in [1.54, 1.807) is 13.8 Å². The SMILES string of the molecule is CCN(CC)CCOc1ccc(Cc2c(OCC(C)(C)O)ccc3ccccc23)cc1.Cl. The second-order valence-corrected chi connectivity index (χ2v) is 8.56. The Morgan fingerprint density at radius 3 is 2.22 bits per heavy atom. The number of hydrogen-bond acceptors (Lipinski definition) is 4. The largest absolute Gasteiger partial charge is 0.492 e.